The van der Waals surface area contributed by atoms with Crippen LogP contribution in [0.1, 0.15) is 17.0 Å². The van der Waals surface area contributed by atoms with E-state index in [1.807, 2.05) is 24.3 Å². The summed E-state index contributed by atoms with van der Waals surface area (Å²) in [5.74, 6) is -0.479. The van der Waals surface area contributed by atoms with Crippen LogP contribution < -0.4 is 11.2 Å². The summed E-state index contributed by atoms with van der Waals surface area (Å²) < 4.78 is 0. The number of carbonyl (C=O) groups excluding carboxylic acids is 1. The second kappa shape index (κ2) is 8.96. The van der Waals surface area contributed by atoms with Crippen molar-refractivity contribution in [2.75, 3.05) is 6.54 Å². The van der Waals surface area contributed by atoms with Crippen LogP contribution in [0.2, 0.25) is 0 Å². The molecule has 1 aromatic heterocycles. The van der Waals surface area contributed by atoms with Crippen molar-refractivity contribution in [1.29, 1.82) is 0 Å². The first kappa shape index (κ1) is 20.1. The van der Waals surface area contributed by atoms with Crippen molar-refractivity contribution in [3.63, 3.8) is 0 Å². The van der Waals surface area contributed by atoms with Crippen LogP contribution in [0.25, 0.3) is 10.8 Å². The molecule has 0 amide bonds. The van der Waals surface area contributed by atoms with Gasteiger partial charge in [0.05, 0.1) is 5.92 Å². The Morgan fingerprint density at radius 2 is 1.92 bits per heavy atom. The zero-order chi connectivity index (χ0) is 17.8. The van der Waals surface area contributed by atoms with E-state index in [9.17, 15) is 14.8 Å². The third kappa shape index (κ3) is 4.50. The minimum absolute atomic E-state index is 0. The van der Waals surface area contributed by atoms with Gasteiger partial charge in [0.15, 0.2) is 0 Å². The molecule has 0 aliphatic heterocycles. The van der Waals surface area contributed by atoms with Crippen LogP contribution in [0.5, 0.6) is 0 Å². The van der Waals surface area contributed by atoms with E-state index in [2.05, 4.69) is 4.98 Å². The Hall–Kier alpha value is -2.19. The third-order valence-electron chi connectivity index (χ3n) is 4.32. The molecule has 1 heterocycles. The average molecular weight is 368 g/mol. The van der Waals surface area contributed by atoms with Crippen LogP contribution >= 0.6 is 13.5 Å². The van der Waals surface area contributed by atoms with Crippen molar-refractivity contribution in [3.05, 3.63) is 72.1 Å². The van der Waals surface area contributed by atoms with Gasteiger partial charge in [-0.2, -0.15) is 13.5 Å². The third-order valence-corrected chi connectivity index (χ3v) is 4.32. The van der Waals surface area contributed by atoms with Gasteiger partial charge in [0.25, 0.3) is 0 Å². The highest BCUT2D eigenvalue weighted by molar-refractivity contribution is 7.59. The van der Waals surface area contributed by atoms with Gasteiger partial charge in [0, 0.05) is 30.7 Å². The molecule has 0 saturated carbocycles. The molecule has 3 rings (SSSR count). The normalized spacial score (nSPS) is 11.7. The summed E-state index contributed by atoms with van der Waals surface area (Å²) in [6.45, 7) is 0.168. The lowest BCUT2D eigenvalue weighted by Crippen LogP contribution is -2.31. The molecule has 0 fully saturated rings. The molecule has 0 aliphatic carbocycles. The summed E-state index contributed by atoms with van der Waals surface area (Å²) >= 11 is 0. The van der Waals surface area contributed by atoms with E-state index in [-0.39, 0.29) is 32.2 Å². The van der Waals surface area contributed by atoms with Gasteiger partial charge in [-0.1, -0.05) is 42.5 Å². The van der Waals surface area contributed by atoms with Gasteiger partial charge >= 0.3 is 7.12 Å². The summed E-state index contributed by atoms with van der Waals surface area (Å²) in [6, 6.07) is 14.5. The summed E-state index contributed by atoms with van der Waals surface area (Å²) in [7, 11) is -1.57. The molecule has 7 heteroatoms. The number of pyridine rings is 1. The number of carbonyl (C=O) groups is 1. The highest BCUT2D eigenvalue weighted by Crippen LogP contribution is 2.20. The van der Waals surface area contributed by atoms with E-state index < -0.39 is 13.0 Å². The lowest BCUT2D eigenvalue weighted by molar-refractivity contribution is -0.119. The lowest BCUT2D eigenvalue weighted by atomic mass is 9.78. The summed E-state index contributed by atoms with van der Waals surface area (Å²) in [4.78, 5) is 16.8. The number of nitrogens with two attached hydrogens (primary N) is 1. The molecule has 0 spiro atoms. The smallest absolute Gasteiger partial charge is 0.423 e. The number of ketones is 1. The van der Waals surface area contributed by atoms with E-state index in [1.54, 1.807) is 36.7 Å². The Labute approximate surface area is 159 Å². The summed E-state index contributed by atoms with van der Waals surface area (Å²) in [5.41, 5.74) is 7.79. The molecular formula is C19H21BN2O3S. The predicted octanol–water partition coefficient (Wildman–Crippen LogP) is 0.881. The molecule has 0 radical (unpaired) electrons. The van der Waals surface area contributed by atoms with Crippen molar-refractivity contribution in [1.82, 2.24) is 4.98 Å². The molecule has 26 heavy (non-hydrogen) atoms. The molecule has 1 atom stereocenters. The molecular weight excluding hydrogens is 347 g/mol. The zero-order valence-electron chi connectivity index (χ0n) is 14.2. The van der Waals surface area contributed by atoms with Crippen LogP contribution in [-0.4, -0.2) is 34.5 Å². The number of benzene rings is 2. The van der Waals surface area contributed by atoms with Crippen LogP contribution in [0.15, 0.2) is 60.9 Å². The molecule has 0 bridgehead atoms. The molecule has 3 aromatic rings. The maximum Gasteiger partial charge on any atom is 0.488 e. The molecule has 134 valence electrons. The molecule has 2 aromatic carbocycles. The zero-order valence-corrected chi connectivity index (χ0v) is 15.2. The predicted molar refractivity (Wildman–Crippen MR) is 109 cm³/mol. The maximum absolute atomic E-state index is 12.7. The topological polar surface area (TPSA) is 96.4 Å². The first-order valence-electron chi connectivity index (χ1n) is 8.10. The molecule has 4 N–H and O–H groups in total. The number of rotatable bonds is 6. The van der Waals surface area contributed by atoms with Crippen molar-refractivity contribution < 1.29 is 14.8 Å². The van der Waals surface area contributed by atoms with Crippen molar-refractivity contribution in [3.8, 4) is 0 Å². The van der Waals surface area contributed by atoms with Gasteiger partial charge in [-0.15, -0.1) is 0 Å². The van der Waals surface area contributed by atoms with E-state index >= 15 is 0 Å². The van der Waals surface area contributed by atoms with Gasteiger partial charge in [-0.25, -0.2) is 0 Å². The van der Waals surface area contributed by atoms with E-state index in [0.717, 1.165) is 16.3 Å². The number of Topliss-reactive ketones (excluding diaryl/α,β-unsaturated/α-hetero) is 1. The Morgan fingerprint density at radius 3 is 2.65 bits per heavy atom. The van der Waals surface area contributed by atoms with E-state index in [0.29, 0.717) is 11.0 Å². The fourth-order valence-electron chi connectivity index (χ4n) is 2.96. The first-order chi connectivity index (χ1) is 12.1. The van der Waals surface area contributed by atoms with Gasteiger partial charge in [0.1, 0.15) is 5.78 Å². The minimum atomic E-state index is -1.57. The van der Waals surface area contributed by atoms with Gasteiger partial charge in [-0.05, 0) is 28.0 Å². The fourth-order valence-corrected chi connectivity index (χ4v) is 2.96. The number of nitrogens with zero attached hydrogens (tertiary/aromatic N) is 1. The Balaban J connectivity index is 0.00000243. The monoisotopic (exact) mass is 368 g/mol. The van der Waals surface area contributed by atoms with Gasteiger partial charge in [0.2, 0.25) is 0 Å². The number of hydrogen-bond acceptors (Lipinski definition) is 5. The van der Waals surface area contributed by atoms with E-state index in [4.69, 9.17) is 5.73 Å². The van der Waals surface area contributed by atoms with Crippen molar-refractivity contribution >= 4 is 42.6 Å². The van der Waals surface area contributed by atoms with Crippen LogP contribution in [0.3, 0.4) is 0 Å². The Bertz CT molecular complexity index is 905. The quantitative estimate of drug-likeness (QED) is 0.562. The molecule has 0 saturated heterocycles. The minimum Gasteiger partial charge on any atom is -0.423 e. The fraction of sp³-hybridized carbons (Fsp3) is 0.158. The van der Waals surface area contributed by atoms with Crippen molar-refractivity contribution in [2.24, 2.45) is 5.73 Å². The highest BCUT2D eigenvalue weighted by Gasteiger charge is 2.21. The number of aromatic nitrogens is 1. The van der Waals surface area contributed by atoms with Gasteiger partial charge in [-0.3, -0.25) is 9.78 Å². The average Bonchev–Trinajstić information content (AvgIpc) is 2.62. The Kier molecular flexibility index (Phi) is 6.94. The largest absolute Gasteiger partial charge is 0.488 e. The number of hydrogen-bond donors (Lipinski definition) is 3. The van der Waals surface area contributed by atoms with Gasteiger partial charge < -0.3 is 15.8 Å². The highest BCUT2D eigenvalue weighted by atomic mass is 32.1. The summed E-state index contributed by atoms with van der Waals surface area (Å²) in [5, 5.41) is 20.7. The second-order valence-electron chi connectivity index (χ2n) is 6.03. The van der Waals surface area contributed by atoms with Crippen LogP contribution in [0.4, 0.5) is 0 Å². The SMILES string of the molecule is NC[C@@H](C(=O)Cc1ccc2cnccc2c1)c1cccc(B(O)O)c1.S. The summed E-state index contributed by atoms with van der Waals surface area (Å²) in [6.07, 6.45) is 3.78. The van der Waals surface area contributed by atoms with Crippen molar-refractivity contribution in [2.45, 2.75) is 12.3 Å². The lowest BCUT2D eigenvalue weighted by Gasteiger charge is -2.15. The van der Waals surface area contributed by atoms with E-state index in [1.165, 1.54) is 0 Å². The standard InChI is InChI=1S/C19H19BN2O3.H2S/c21-11-18(15-2-1-3-17(10-15)20(24)25)19(23)9-13-4-5-16-12-22-7-6-14(16)8-13;/h1-8,10,12,18,24-25H,9,11,21H2;1H2/t18-;/m1./s1. The van der Waals surface area contributed by atoms with Crippen LogP contribution in [0, 0.1) is 0 Å². The Morgan fingerprint density at radius 1 is 1.12 bits per heavy atom. The molecule has 0 unspecified atom stereocenters. The first-order valence-corrected chi connectivity index (χ1v) is 8.10. The maximum atomic E-state index is 12.7. The molecule has 5 nitrogen and oxygen atoms in total. The number of fused-ring (bicyclic) bond motifs is 1. The molecule has 0 aliphatic rings. The van der Waals surface area contributed by atoms with Crippen LogP contribution in [-0.2, 0) is 11.2 Å². The second-order valence-corrected chi connectivity index (χ2v) is 6.03.